The molecule has 0 aliphatic carbocycles. The van der Waals surface area contributed by atoms with Crippen molar-refractivity contribution in [1.82, 2.24) is 0 Å². The van der Waals surface area contributed by atoms with Gasteiger partial charge in [0.1, 0.15) is 5.75 Å². The van der Waals surface area contributed by atoms with E-state index in [1.807, 2.05) is 12.1 Å². The summed E-state index contributed by atoms with van der Waals surface area (Å²) in [6.07, 6.45) is 0. The van der Waals surface area contributed by atoms with Crippen LogP contribution in [0.25, 0.3) is 10.1 Å². The Morgan fingerprint density at radius 2 is 2.00 bits per heavy atom. The summed E-state index contributed by atoms with van der Waals surface area (Å²) in [6, 6.07) is 16.7. The lowest BCUT2D eigenvalue weighted by Crippen LogP contribution is -2.21. The molecule has 0 radical (unpaired) electrons. The maximum absolute atomic E-state index is 6.57. The molecule has 100 valence electrons. The summed E-state index contributed by atoms with van der Waals surface area (Å²) in [5.74, 6) is 1.21. The van der Waals surface area contributed by atoms with Gasteiger partial charge in [-0.2, -0.15) is 0 Å². The van der Waals surface area contributed by atoms with Crippen LogP contribution in [0.3, 0.4) is 0 Å². The third kappa shape index (κ3) is 1.74. The Morgan fingerprint density at radius 1 is 1.10 bits per heavy atom. The van der Waals surface area contributed by atoms with Crippen molar-refractivity contribution in [2.24, 2.45) is 5.73 Å². The highest BCUT2D eigenvalue weighted by Gasteiger charge is 2.30. The zero-order chi connectivity index (χ0) is 13.5. The smallest absolute Gasteiger partial charge is 0.122 e. The molecule has 0 saturated carbocycles. The predicted octanol–water partition coefficient (Wildman–Crippen LogP) is 4.08. The average Bonchev–Trinajstić information content (AvgIpc) is 3.12. The average molecular weight is 281 g/mol. The van der Waals surface area contributed by atoms with Gasteiger partial charge in [-0.15, -0.1) is 11.3 Å². The van der Waals surface area contributed by atoms with Crippen molar-refractivity contribution in [3.63, 3.8) is 0 Å². The Balaban J connectivity index is 1.78. The lowest BCUT2D eigenvalue weighted by molar-refractivity contribution is 0.315. The molecule has 3 heteroatoms. The van der Waals surface area contributed by atoms with Crippen LogP contribution in [0.1, 0.15) is 23.1 Å². The zero-order valence-electron chi connectivity index (χ0n) is 11.0. The molecule has 0 fully saturated rings. The summed E-state index contributed by atoms with van der Waals surface area (Å²) < 4.78 is 7.07. The molecule has 20 heavy (non-hydrogen) atoms. The van der Waals surface area contributed by atoms with Gasteiger partial charge in [-0.1, -0.05) is 36.4 Å². The molecule has 1 aliphatic heterocycles. The van der Waals surface area contributed by atoms with Crippen LogP contribution in [0.5, 0.6) is 5.75 Å². The van der Waals surface area contributed by atoms with Gasteiger partial charge >= 0.3 is 0 Å². The van der Waals surface area contributed by atoms with Gasteiger partial charge < -0.3 is 10.5 Å². The highest BCUT2D eigenvalue weighted by atomic mass is 32.1. The number of para-hydroxylation sites is 1. The number of benzene rings is 2. The molecule has 2 atom stereocenters. The summed E-state index contributed by atoms with van der Waals surface area (Å²) in [4.78, 5) is 0. The van der Waals surface area contributed by atoms with Gasteiger partial charge in [-0.3, -0.25) is 0 Å². The number of thiophene rings is 1. The molecule has 0 spiro atoms. The van der Waals surface area contributed by atoms with Crippen molar-refractivity contribution in [3.8, 4) is 5.75 Å². The first-order valence-electron chi connectivity index (χ1n) is 6.78. The van der Waals surface area contributed by atoms with Crippen molar-refractivity contribution in [3.05, 3.63) is 65.0 Å². The number of hydrogen-bond donors (Lipinski definition) is 1. The van der Waals surface area contributed by atoms with Crippen molar-refractivity contribution in [1.29, 1.82) is 0 Å². The van der Waals surface area contributed by atoms with Crippen molar-refractivity contribution < 1.29 is 4.74 Å². The number of nitrogens with two attached hydrogens (primary N) is 1. The summed E-state index contributed by atoms with van der Waals surface area (Å²) >= 11 is 1.76. The highest BCUT2D eigenvalue weighted by Crippen LogP contribution is 2.42. The van der Waals surface area contributed by atoms with E-state index in [2.05, 4.69) is 41.8 Å². The number of rotatable bonds is 2. The second kappa shape index (κ2) is 4.62. The van der Waals surface area contributed by atoms with E-state index in [9.17, 15) is 0 Å². The van der Waals surface area contributed by atoms with E-state index < -0.39 is 0 Å². The zero-order valence-corrected chi connectivity index (χ0v) is 11.8. The molecule has 2 nitrogen and oxygen atoms in total. The van der Waals surface area contributed by atoms with E-state index in [-0.39, 0.29) is 12.0 Å². The van der Waals surface area contributed by atoms with Gasteiger partial charge in [0.2, 0.25) is 0 Å². The summed E-state index contributed by atoms with van der Waals surface area (Å²) in [6.45, 7) is 0.669. The fourth-order valence-electron chi connectivity index (χ4n) is 2.98. The standard InChI is InChI=1S/C17H15NOS/c18-16(13-6-3-4-11-8-9-20-17(11)13)14-10-19-15-7-2-1-5-12(14)15/h1-9,14,16H,10,18H2. The molecule has 0 amide bonds. The summed E-state index contributed by atoms with van der Waals surface area (Å²) in [5.41, 5.74) is 9.02. The Morgan fingerprint density at radius 3 is 2.95 bits per heavy atom. The van der Waals surface area contributed by atoms with Crippen molar-refractivity contribution >= 4 is 21.4 Å². The summed E-state index contributed by atoms with van der Waals surface area (Å²) in [5, 5.41) is 3.40. The third-order valence-electron chi connectivity index (χ3n) is 4.04. The van der Waals surface area contributed by atoms with Gasteiger partial charge in [0.25, 0.3) is 0 Å². The van der Waals surface area contributed by atoms with E-state index >= 15 is 0 Å². The van der Waals surface area contributed by atoms with Crippen LogP contribution in [-0.4, -0.2) is 6.61 Å². The van der Waals surface area contributed by atoms with E-state index in [0.717, 1.165) is 5.75 Å². The highest BCUT2D eigenvalue weighted by molar-refractivity contribution is 7.17. The van der Waals surface area contributed by atoms with E-state index in [4.69, 9.17) is 10.5 Å². The molecular weight excluding hydrogens is 266 g/mol. The van der Waals surface area contributed by atoms with Gasteiger partial charge in [0.05, 0.1) is 6.61 Å². The molecule has 0 bridgehead atoms. The van der Waals surface area contributed by atoms with E-state index in [1.165, 1.54) is 21.2 Å². The van der Waals surface area contributed by atoms with Crippen LogP contribution in [0.2, 0.25) is 0 Å². The Bertz CT molecular complexity index is 764. The first-order chi connectivity index (χ1) is 9.84. The minimum Gasteiger partial charge on any atom is -0.493 e. The second-order valence-electron chi connectivity index (χ2n) is 5.17. The Kier molecular flexibility index (Phi) is 2.76. The third-order valence-corrected chi connectivity index (χ3v) is 5.02. The monoisotopic (exact) mass is 281 g/mol. The number of hydrogen-bond acceptors (Lipinski definition) is 3. The predicted molar refractivity (Wildman–Crippen MR) is 83.4 cm³/mol. The van der Waals surface area contributed by atoms with E-state index in [1.54, 1.807) is 11.3 Å². The minimum atomic E-state index is -0.0269. The van der Waals surface area contributed by atoms with Crippen LogP contribution in [0.15, 0.2) is 53.9 Å². The molecule has 2 aromatic carbocycles. The normalized spacial score (nSPS) is 18.8. The maximum Gasteiger partial charge on any atom is 0.122 e. The van der Waals surface area contributed by atoms with Crippen LogP contribution >= 0.6 is 11.3 Å². The first-order valence-corrected chi connectivity index (χ1v) is 7.66. The lowest BCUT2D eigenvalue weighted by atomic mass is 9.89. The van der Waals surface area contributed by atoms with Crippen LogP contribution in [-0.2, 0) is 0 Å². The van der Waals surface area contributed by atoms with E-state index in [0.29, 0.717) is 6.61 Å². The van der Waals surface area contributed by atoms with Crippen molar-refractivity contribution in [2.45, 2.75) is 12.0 Å². The van der Waals surface area contributed by atoms with Crippen LogP contribution in [0, 0.1) is 0 Å². The molecule has 2 unspecified atom stereocenters. The Labute approximate surface area is 121 Å². The maximum atomic E-state index is 6.57. The van der Waals surface area contributed by atoms with Crippen LogP contribution < -0.4 is 10.5 Å². The number of ether oxygens (including phenoxy) is 1. The molecule has 3 aromatic rings. The topological polar surface area (TPSA) is 35.2 Å². The largest absolute Gasteiger partial charge is 0.493 e. The molecule has 2 N–H and O–H groups in total. The first kappa shape index (κ1) is 11.9. The van der Waals surface area contributed by atoms with Gasteiger partial charge in [0, 0.05) is 22.2 Å². The van der Waals surface area contributed by atoms with Gasteiger partial charge in [0.15, 0.2) is 0 Å². The summed E-state index contributed by atoms with van der Waals surface area (Å²) in [7, 11) is 0. The van der Waals surface area contributed by atoms with Gasteiger partial charge in [-0.25, -0.2) is 0 Å². The Hall–Kier alpha value is -1.84. The SMILES string of the molecule is NC(c1cccc2ccsc12)C1COc2ccccc21. The molecule has 1 aromatic heterocycles. The van der Waals surface area contributed by atoms with Gasteiger partial charge in [-0.05, 0) is 28.5 Å². The quantitative estimate of drug-likeness (QED) is 0.768. The lowest BCUT2D eigenvalue weighted by Gasteiger charge is -2.19. The van der Waals surface area contributed by atoms with Crippen LogP contribution in [0.4, 0.5) is 0 Å². The molecule has 2 heterocycles. The van der Waals surface area contributed by atoms with Crippen molar-refractivity contribution in [2.75, 3.05) is 6.61 Å². The number of fused-ring (bicyclic) bond motifs is 2. The second-order valence-corrected chi connectivity index (χ2v) is 6.08. The fourth-order valence-corrected chi connectivity index (χ4v) is 3.94. The molecular formula is C17H15NOS. The fraction of sp³-hybridized carbons (Fsp3) is 0.176. The molecule has 0 saturated heterocycles. The minimum absolute atomic E-state index is 0.0269. The molecule has 4 rings (SSSR count). The molecule has 1 aliphatic rings.